The van der Waals surface area contributed by atoms with Crippen LogP contribution in [0.2, 0.25) is 10.2 Å². The minimum Gasteiger partial charge on any atom is -0.377 e. The zero-order valence-electron chi connectivity index (χ0n) is 10.6. The molecule has 4 nitrogen and oxygen atoms in total. The summed E-state index contributed by atoms with van der Waals surface area (Å²) in [6, 6.07) is 7.26. The van der Waals surface area contributed by atoms with Gasteiger partial charge in [0.1, 0.15) is 17.6 Å². The summed E-state index contributed by atoms with van der Waals surface area (Å²) in [6.07, 6.45) is 0. The van der Waals surface area contributed by atoms with Gasteiger partial charge in [-0.15, -0.1) is 0 Å². The molecular formula is C13H13Cl2N3O. The molecule has 0 aliphatic carbocycles. The van der Waals surface area contributed by atoms with Gasteiger partial charge < -0.3 is 10.1 Å². The van der Waals surface area contributed by atoms with Gasteiger partial charge in [0, 0.05) is 23.9 Å². The van der Waals surface area contributed by atoms with Gasteiger partial charge in [-0.25, -0.2) is 9.97 Å². The molecule has 0 saturated carbocycles. The molecule has 6 heteroatoms. The Bertz CT molecular complexity index is 590. The average molecular weight is 298 g/mol. The van der Waals surface area contributed by atoms with E-state index in [0.717, 1.165) is 11.3 Å². The van der Waals surface area contributed by atoms with Gasteiger partial charge in [0.05, 0.1) is 0 Å². The number of aromatic nitrogens is 2. The lowest BCUT2D eigenvalue weighted by atomic mass is 10.2. The fraction of sp³-hybridized carbons (Fsp3) is 0.231. The third-order valence-electron chi connectivity index (χ3n) is 2.48. The highest BCUT2D eigenvalue weighted by Gasteiger charge is 2.05. The molecule has 0 bridgehead atoms. The third-order valence-corrected chi connectivity index (χ3v) is 2.91. The first-order valence-electron chi connectivity index (χ1n) is 5.64. The fourth-order valence-corrected chi connectivity index (χ4v) is 1.96. The van der Waals surface area contributed by atoms with Crippen molar-refractivity contribution in [2.75, 3.05) is 12.4 Å². The van der Waals surface area contributed by atoms with E-state index in [-0.39, 0.29) is 0 Å². The molecule has 1 aromatic carbocycles. The van der Waals surface area contributed by atoms with Crippen LogP contribution in [0.15, 0.2) is 24.3 Å². The second-order valence-corrected chi connectivity index (χ2v) is 4.83. The van der Waals surface area contributed by atoms with Gasteiger partial charge in [-0.3, -0.25) is 0 Å². The van der Waals surface area contributed by atoms with Crippen molar-refractivity contribution >= 4 is 34.7 Å². The predicted octanol–water partition coefficient (Wildman–Crippen LogP) is 3.98. The summed E-state index contributed by atoms with van der Waals surface area (Å²) in [7, 11) is 1.58. The van der Waals surface area contributed by atoms with Crippen molar-refractivity contribution in [2.24, 2.45) is 0 Å². The van der Waals surface area contributed by atoms with Crippen LogP contribution in [-0.2, 0) is 11.3 Å². The van der Waals surface area contributed by atoms with Crippen molar-refractivity contribution in [3.8, 4) is 0 Å². The number of benzene rings is 1. The van der Waals surface area contributed by atoms with E-state index in [9.17, 15) is 0 Å². The van der Waals surface area contributed by atoms with E-state index < -0.39 is 0 Å². The zero-order valence-corrected chi connectivity index (χ0v) is 12.1. The maximum absolute atomic E-state index is 5.98. The van der Waals surface area contributed by atoms with Crippen LogP contribution in [-0.4, -0.2) is 17.1 Å². The topological polar surface area (TPSA) is 47.0 Å². The number of rotatable bonds is 4. The SMILES string of the molecule is COCc1nc(Cl)cc(Nc2cc(Cl)ccc2C)n1. The molecule has 19 heavy (non-hydrogen) atoms. The summed E-state index contributed by atoms with van der Waals surface area (Å²) in [5.74, 6) is 1.13. The first kappa shape index (κ1) is 14.1. The van der Waals surface area contributed by atoms with Crippen molar-refractivity contribution < 1.29 is 4.74 Å². The van der Waals surface area contributed by atoms with Crippen molar-refractivity contribution in [3.05, 3.63) is 45.8 Å². The number of hydrogen-bond acceptors (Lipinski definition) is 4. The molecule has 1 aromatic heterocycles. The molecule has 1 N–H and O–H groups in total. The molecule has 100 valence electrons. The maximum atomic E-state index is 5.98. The monoisotopic (exact) mass is 297 g/mol. The Morgan fingerprint density at radius 2 is 2.00 bits per heavy atom. The minimum absolute atomic E-state index is 0.309. The Morgan fingerprint density at radius 3 is 2.74 bits per heavy atom. The normalized spacial score (nSPS) is 10.5. The number of anilines is 2. The molecule has 0 atom stereocenters. The maximum Gasteiger partial charge on any atom is 0.158 e. The minimum atomic E-state index is 0.309. The quantitative estimate of drug-likeness (QED) is 0.867. The number of halogens is 2. The second-order valence-electron chi connectivity index (χ2n) is 4.01. The molecular weight excluding hydrogens is 285 g/mol. The van der Waals surface area contributed by atoms with Gasteiger partial charge in [0.25, 0.3) is 0 Å². The van der Waals surface area contributed by atoms with Crippen LogP contribution < -0.4 is 5.32 Å². The lowest BCUT2D eigenvalue weighted by Crippen LogP contribution is -2.02. The van der Waals surface area contributed by atoms with Crippen LogP contribution in [0, 0.1) is 6.92 Å². The van der Waals surface area contributed by atoms with E-state index >= 15 is 0 Å². The highest BCUT2D eigenvalue weighted by atomic mass is 35.5. The summed E-state index contributed by atoms with van der Waals surface area (Å²) in [6.45, 7) is 2.29. The smallest absolute Gasteiger partial charge is 0.158 e. The Hall–Kier alpha value is -1.36. The van der Waals surface area contributed by atoms with Crippen molar-refractivity contribution in [2.45, 2.75) is 13.5 Å². The lowest BCUT2D eigenvalue weighted by molar-refractivity contribution is 0.178. The average Bonchev–Trinajstić information content (AvgIpc) is 2.33. The fourth-order valence-electron chi connectivity index (χ4n) is 1.59. The predicted molar refractivity (Wildman–Crippen MR) is 77.2 cm³/mol. The first-order valence-corrected chi connectivity index (χ1v) is 6.39. The van der Waals surface area contributed by atoms with Gasteiger partial charge in [-0.1, -0.05) is 29.3 Å². The number of hydrogen-bond donors (Lipinski definition) is 1. The lowest BCUT2D eigenvalue weighted by Gasteiger charge is -2.10. The van der Waals surface area contributed by atoms with E-state index in [0.29, 0.717) is 28.4 Å². The number of nitrogens with zero attached hydrogens (tertiary/aromatic N) is 2. The van der Waals surface area contributed by atoms with Crippen molar-refractivity contribution in [1.29, 1.82) is 0 Å². The van der Waals surface area contributed by atoms with Crippen LogP contribution in [0.25, 0.3) is 0 Å². The summed E-state index contributed by atoms with van der Waals surface area (Å²) in [5, 5.41) is 4.20. The molecule has 0 aliphatic rings. The van der Waals surface area contributed by atoms with Crippen LogP contribution in [0.1, 0.15) is 11.4 Å². The number of nitrogens with one attached hydrogen (secondary N) is 1. The highest BCUT2D eigenvalue weighted by molar-refractivity contribution is 6.31. The van der Waals surface area contributed by atoms with E-state index in [1.54, 1.807) is 13.2 Å². The molecule has 1 heterocycles. The largest absolute Gasteiger partial charge is 0.377 e. The Kier molecular flexibility index (Phi) is 4.58. The van der Waals surface area contributed by atoms with E-state index in [2.05, 4.69) is 15.3 Å². The molecule has 2 rings (SSSR count). The van der Waals surface area contributed by atoms with Gasteiger partial charge in [0.2, 0.25) is 0 Å². The van der Waals surface area contributed by atoms with Gasteiger partial charge >= 0.3 is 0 Å². The summed E-state index contributed by atoms with van der Waals surface area (Å²) < 4.78 is 5.00. The van der Waals surface area contributed by atoms with Crippen molar-refractivity contribution in [1.82, 2.24) is 9.97 Å². The summed E-state index contributed by atoms with van der Waals surface area (Å²) in [4.78, 5) is 8.38. The zero-order chi connectivity index (χ0) is 13.8. The molecule has 0 unspecified atom stereocenters. The van der Waals surface area contributed by atoms with Gasteiger partial charge in [-0.2, -0.15) is 0 Å². The standard InChI is InChI=1S/C13H13Cl2N3O/c1-8-3-4-9(14)5-10(8)16-12-6-11(15)17-13(18-12)7-19-2/h3-6H,7H2,1-2H3,(H,16,17,18). The molecule has 0 radical (unpaired) electrons. The molecule has 0 saturated heterocycles. The second kappa shape index (κ2) is 6.19. The molecule has 0 aliphatic heterocycles. The third kappa shape index (κ3) is 3.80. The van der Waals surface area contributed by atoms with Crippen LogP contribution >= 0.6 is 23.2 Å². The summed E-state index contributed by atoms with van der Waals surface area (Å²) in [5.41, 5.74) is 1.94. The van der Waals surface area contributed by atoms with E-state index in [1.807, 2.05) is 25.1 Å². The highest BCUT2D eigenvalue weighted by Crippen LogP contribution is 2.24. The van der Waals surface area contributed by atoms with Gasteiger partial charge in [-0.05, 0) is 24.6 Å². The van der Waals surface area contributed by atoms with Crippen molar-refractivity contribution in [3.63, 3.8) is 0 Å². The number of aryl methyl sites for hydroxylation is 1. The summed E-state index contributed by atoms with van der Waals surface area (Å²) >= 11 is 11.9. The molecule has 0 amide bonds. The molecule has 2 aromatic rings. The molecule has 0 fully saturated rings. The Labute approximate surface area is 121 Å². The van der Waals surface area contributed by atoms with E-state index in [4.69, 9.17) is 27.9 Å². The molecule has 0 spiro atoms. The van der Waals surface area contributed by atoms with Gasteiger partial charge in [0.15, 0.2) is 5.82 Å². The van der Waals surface area contributed by atoms with Crippen LogP contribution in [0.5, 0.6) is 0 Å². The van der Waals surface area contributed by atoms with E-state index in [1.165, 1.54) is 0 Å². The Balaban J connectivity index is 2.29. The number of ether oxygens (including phenoxy) is 1. The van der Waals surface area contributed by atoms with Crippen LogP contribution in [0.3, 0.4) is 0 Å². The Morgan fingerprint density at radius 1 is 1.21 bits per heavy atom. The van der Waals surface area contributed by atoms with Crippen LogP contribution in [0.4, 0.5) is 11.5 Å². The first-order chi connectivity index (χ1) is 9.08. The number of methoxy groups -OCH3 is 1.